The standard InChI is InChI=1S/C16H16O/c1-11-13-7-4-5-9-15(13)14-8-3-2-6-12(14)10-16(11)17/h2-9,11,16-17H,10H2,1H3. The van der Waals surface area contributed by atoms with E-state index in [0.717, 1.165) is 6.42 Å². The first-order valence-corrected chi connectivity index (χ1v) is 6.12. The molecule has 0 amide bonds. The Kier molecular flexibility index (Phi) is 2.49. The summed E-state index contributed by atoms with van der Waals surface area (Å²) < 4.78 is 0. The van der Waals surface area contributed by atoms with Gasteiger partial charge in [0.05, 0.1) is 6.10 Å². The molecule has 1 heteroatoms. The molecule has 2 atom stereocenters. The molecule has 0 radical (unpaired) electrons. The van der Waals surface area contributed by atoms with Crippen LogP contribution in [-0.4, -0.2) is 11.2 Å². The summed E-state index contributed by atoms with van der Waals surface area (Å²) in [6.07, 6.45) is 0.450. The minimum atomic E-state index is -0.292. The van der Waals surface area contributed by atoms with Gasteiger partial charge >= 0.3 is 0 Å². The second-order valence-corrected chi connectivity index (χ2v) is 4.80. The molecule has 0 aromatic heterocycles. The average Bonchev–Trinajstić information content (AvgIpc) is 2.48. The lowest BCUT2D eigenvalue weighted by Crippen LogP contribution is -2.17. The summed E-state index contributed by atoms with van der Waals surface area (Å²) in [6, 6.07) is 16.8. The Balaban J connectivity index is 2.29. The molecule has 1 nitrogen and oxygen atoms in total. The zero-order valence-electron chi connectivity index (χ0n) is 9.93. The van der Waals surface area contributed by atoms with Gasteiger partial charge in [-0.25, -0.2) is 0 Å². The van der Waals surface area contributed by atoms with Crippen molar-refractivity contribution in [1.29, 1.82) is 0 Å². The Morgan fingerprint density at radius 3 is 2.41 bits per heavy atom. The van der Waals surface area contributed by atoms with E-state index in [9.17, 15) is 5.11 Å². The van der Waals surface area contributed by atoms with E-state index in [1.807, 2.05) is 6.07 Å². The topological polar surface area (TPSA) is 20.2 Å². The Bertz CT molecular complexity index is 545. The molecular weight excluding hydrogens is 208 g/mol. The van der Waals surface area contributed by atoms with Gasteiger partial charge < -0.3 is 5.11 Å². The van der Waals surface area contributed by atoms with E-state index in [0.29, 0.717) is 0 Å². The van der Waals surface area contributed by atoms with Crippen molar-refractivity contribution in [3.63, 3.8) is 0 Å². The van der Waals surface area contributed by atoms with Crippen molar-refractivity contribution in [1.82, 2.24) is 0 Å². The first kappa shape index (κ1) is 10.5. The highest BCUT2D eigenvalue weighted by atomic mass is 16.3. The molecule has 0 saturated heterocycles. The minimum Gasteiger partial charge on any atom is -0.392 e. The van der Waals surface area contributed by atoms with Gasteiger partial charge in [0.25, 0.3) is 0 Å². The number of fused-ring (bicyclic) bond motifs is 3. The Labute approximate surface area is 102 Å². The van der Waals surface area contributed by atoms with Crippen molar-refractivity contribution < 1.29 is 5.11 Å². The number of benzene rings is 2. The fourth-order valence-electron chi connectivity index (χ4n) is 2.71. The molecule has 1 aliphatic carbocycles. The maximum atomic E-state index is 10.3. The average molecular weight is 224 g/mol. The third kappa shape index (κ3) is 1.67. The molecule has 17 heavy (non-hydrogen) atoms. The molecule has 0 spiro atoms. The van der Waals surface area contributed by atoms with Crippen LogP contribution < -0.4 is 0 Å². The van der Waals surface area contributed by atoms with Gasteiger partial charge in [0.2, 0.25) is 0 Å². The summed E-state index contributed by atoms with van der Waals surface area (Å²) in [4.78, 5) is 0. The van der Waals surface area contributed by atoms with Crippen LogP contribution in [0, 0.1) is 0 Å². The molecule has 3 rings (SSSR count). The highest BCUT2D eigenvalue weighted by molar-refractivity contribution is 5.72. The van der Waals surface area contributed by atoms with Crippen molar-refractivity contribution in [2.75, 3.05) is 0 Å². The molecule has 2 aromatic rings. The second kappa shape index (κ2) is 4.01. The zero-order chi connectivity index (χ0) is 11.8. The summed E-state index contributed by atoms with van der Waals surface area (Å²) in [5.74, 6) is 0.193. The SMILES string of the molecule is CC1c2ccccc2-c2ccccc2CC1O. The summed E-state index contributed by atoms with van der Waals surface area (Å²) in [5.41, 5.74) is 5.04. The van der Waals surface area contributed by atoms with Gasteiger partial charge in [0.1, 0.15) is 0 Å². The third-order valence-electron chi connectivity index (χ3n) is 3.77. The lowest BCUT2D eigenvalue weighted by molar-refractivity contribution is 0.151. The van der Waals surface area contributed by atoms with Crippen molar-refractivity contribution in [2.24, 2.45) is 0 Å². The predicted molar refractivity (Wildman–Crippen MR) is 70.0 cm³/mol. The molecule has 0 bridgehead atoms. The maximum absolute atomic E-state index is 10.3. The second-order valence-electron chi connectivity index (χ2n) is 4.80. The van der Waals surface area contributed by atoms with Crippen LogP contribution in [0.4, 0.5) is 0 Å². The van der Waals surface area contributed by atoms with Gasteiger partial charge in [-0.3, -0.25) is 0 Å². The predicted octanol–water partition coefficient (Wildman–Crippen LogP) is 3.37. The van der Waals surface area contributed by atoms with Crippen LogP contribution in [0.5, 0.6) is 0 Å². The normalized spacial score (nSPS) is 22.5. The number of rotatable bonds is 0. The number of aliphatic hydroxyl groups excluding tert-OH is 1. The van der Waals surface area contributed by atoms with E-state index in [4.69, 9.17) is 0 Å². The van der Waals surface area contributed by atoms with Crippen molar-refractivity contribution in [3.05, 3.63) is 59.7 Å². The van der Waals surface area contributed by atoms with Crippen molar-refractivity contribution in [3.8, 4) is 11.1 Å². The molecule has 2 aromatic carbocycles. The summed E-state index contributed by atoms with van der Waals surface area (Å²) in [6.45, 7) is 2.11. The van der Waals surface area contributed by atoms with Crippen LogP contribution >= 0.6 is 0 Å². The van der Waals surface area contributed by atoms with Gasteiger partial charge in [-0.2, -0.15) is 0 Å². The van der Waals surface area contributed by atoms with Gasteiger partial charge in [-0.1, -0.05) is 55.5 Å². The quantitative estimate of drug-likeness (QED) is 0.727. The summed E-state index contributed by atoms with van der Waals surface area (Å²) in [5, 5.41) is 10.3. The first-order valence-electron chi connectivity index (χ1n) is 6.12. The van der Waals surface area contributed by atoms with Crippen molar-refractivity contribution >= 4 is 0 Å². The first-order chi connectivity index (χ1) is 8.27. The minimum absolute atomic E-state index is 0.193. The van der Waals surface area contributed by atoms with Crippen LogP contribution in [0.3, 0.4) is 0 Å². The Morgan fingerprint density at radius 2 is 1.59 bits per heavy atom. The fourth-order valence-corrected chi connectivity index (χ4v) is 2.71. The van der Waals surface area contributed by atoms with Gasteiger partial charge in [-0.05, 0) is 28.7 Å². The van der Waals surface area contributed by atoms with Crippen LogP contribution in [0.25, 0.3) is 11.1 Å². The van der Waals surface area contributed by atoms with Crippen molar-refractivity contribution in [2.45, 2.75) is 25.4 Å². The molecule has 86 valence electrons. The number of hydrogen-bond donors (Lipinski definition) is 1. The fraction of sp³-hybridized carbons (Fsp3) is 0.250. The monoisotopic (exact) mass is 224 g/mol. The van der Waals surface area contributed by atoms with E-state index < -0.39 is 0 Å². The van der Waals surface area contributed by atoms with E-state index in [1.54, 1.807) is 0 Å². The summed E-state index contributed by atoms with van der Waals surface area (Å²) >= 11 is 0. The third-order valence-corrected chi connectivity index (χ3v) is 3.77. The molecular formula is C16H16O. The number of hydrogen-bond acceptors (Lipinski definition) is 1. The largest absolute Gasteiger partial charge is 0.392 e. The lowest BCUT2D eigenvalue weighted by atomic mass is 9.91. The highest BCUT2D eigenvalue weighted by Gasteiger charge is 2.25. The molecule has 1 aliphatic rings. The van der Waals surface area contributed by atoms with Crippen LogP contribution in [0.15, 0.2) is 48.5 Å². The van der Waals surface area contributed by atoms with Crippen LogP contribution in [-0.2, 0) is 6.42 Å². The van der Waals surface area contributed by atoms with E-state index in [-0.39, 0.29) is 12.0 Å². The Morgan fingerprint density at radius 1 is 0.941 bits per heavy atom. The van der Waals surface area contributed by atoms with Gasteiger partial charge in [0, 0.05) is 5.92 Å². The van der Waals surface area contributed by atoms with Gasteiger partial charge in [0.15, 0.2) is 0 Å². The molecule has 0 saturated carbocycles. The molecule has 0 aliphatic heterocycles. The van der Waals surface area contributed by atoms with Crippen LogP contribution in [0.2, 0.25) is 0 Å². The van der Waals surface area contributed by atoms with E-state index >= 15 is 0 Å². The molecule has 2 unspecified atom stereocenters. The van der Waals surface area contributed by atoms with E-state index in [2.05, 4.69) is 49.4 Å². The zero-order valence-corrected chi connectivity index (χ0v) is 9.93. The van der Waals surface area contributed by atoms with Crippen LogP contribution in [0.1, 0.15) is 24.0 Å². The Hall–Kier alpha value is -1.60. The highest BCUT2D eigenvalue weighted by Crippen LogP contribution is 2.37. The van der Waals surface area contributed by atoms with Gasteiger partial charge in [-0.15, -0.1) is 0 Å². The summed E-state index contributed by atoms with van der Waals surface area (Å²) in [7, 11) is 0. The van der Waals surface area contributed by atoms with E-state index in [1.165, 1.54) is 22.3 Å². The smallest absolute Gasteiger partial charge is 0.0646 e. The molecule has 0 heterocycles. The molecule has 1 N–H and O–H groups in total. The number of aliphatic hydroxyl groups is 1. The lowest BCUT2D eigenvalue weighted by Gasteiger charge is -2.17. The maximum Gasteiger partial charge on any atom is 0.0646 e. The molecule has 0 fully saturated rings.